The smallest absolute Gasteiger partial charge is 0.269 e. The van der Waals surface area contributed by atoms with Crippen molar-refractivity contribution in [3.63, 3.8) is 0 Å². The predicted octanol–water partition coefficient (Wildman–Crippen LogP) is 2.70. The molecule has 0 aliphatic carbocycles. The van der Waals surface area contributed by atoms with Gasteiger partial charge in [-0.15, -0.1) is 0 Å². The molecule has 0 radical (unpaired) electrons. The average molecular weight is 376 g/mol. The normalized spacial score (nSPS) is 14.5. The van der Waals surface area contributed by atoms with Gasteiger partial charge in [0.05, 0.1) is 4.92 Å². The fourth-order valence-electron chi connectivity index (χ4n) is 3.04. The van der Waals surface area contributed by atoms with E-state index in [4.69, 9.17) is 0 Å². The molecule has 8 nitrogen and oxygen atoms in total. The van der Waals surface area contributed by atoms with Crippen LogP contribution in [0.15, 0.2) is 24.3 Å². The molecule has 1 fully saturated rings. The lowest BCUT2D eigenvalue weighted by molar-refractivity contribution is -0.384. The van der Waals surface area contributed by atoms with Crippen LogP contribution in [0.5, 0.6) is 0 Å². The number of nitro groups is 1. The second-order valence-corrected chi connectivity index (χ2v) is 6.73. The first kappa shape index (κ1) is 20.7. The van der Waals surface area contributed by atoms with Crippen LogP contribution in [0, 0.1) is 10.1 Å². The number of anilines is 1. The third kappa shape index (κ3) is 7.64. The van der Waals surface area contributed by atoms with Gasteiger partial charge in [-0.2, -0.15) is 0 Å². The van der Waals surface area contributed by atoms with E-state index >= 15 is 0 Å². The fourth-order valence-corrected chi connectivity index (χ4v) is 3.04. The Labute approximate surface area is 159 Å². The maximum Gasteiger partial charge on any atom is 0.269 e. The van der Waals surface area contributed by atoms with E-state index in [0.29, 0.717) is 38.9 Å². The highest BCUT2D eigenvalue weighted by Crippen LogP contribution is 2.15. The first-order chi connectivity index (χ1) is 13.1. The van der Waals surface area contributed by atoms with Crippen molar-refractivity contribution in [1.82, 2.24) is 10.2 Å². The predicted molar refractivity (Wildman–Crippen MR) is 103 cm³/mol. The van der Waals surface area contributed by atoms with Crippen LogP contribution in [0.1, 0.15) is 44.9 Å². The molecule has 1 aromatic carbocycles. The molecular formula is C19H28N4O4. The third-order valence-corrected chi connectivity index (χ3v) is 4.59. The maximum absolute atomic E-state index is 11.9. The summed E-state index contributed by atoms with van der Waals surface area (Å²) >= 11 is 0. The van der Waals surface area contributed by atoms with E-state index in [1.807, 2.05) is 4.90 Å². The molecule has 1 aromatic rings. The van der Waals surface area contributed by atoms with Crippen LogP contribution in [0.3, 0.4) is 0 Å². The van der Waals surface area contributed by atoms with Gasteiger partial charge in [-0.1, -0.05) is 6.42 Å². The standard InChI is InChI=1S/C19H28N4O4/c24-18(21-13-5-15-22-14-3-1-2-7-19(22)25)6-4-12-20-16-8-10-17(11-9-16)23(26)27/h8-11,20H,1-7,12-15H2,(H,21,24). The number of likely N-dealkylation sites (tertiary alicyclic amines) is 1. The van der Waals surface area contributed by atoms with Gasteiger partial charge >= 0.3 is 0 Å². The van der Waals surface area contributed by atoms with Gasteiger partial charge in [0.2, 0.25) is 11.8 Å². The molecule has 1 aliphatic heterocycles. The zero-order chi connectivity index (χ0) is 19.5. The zero-order valence-electron chi connectivity index (χ0n) is 15.6. The number of nitrogens with one attached hydrogen (secondary N) is 2. The summed E-state index contributed by atoms with van der Waals surface area (Å²) < 4.78 is 0. The Morgan fingerprint density at radius 1 is 1.11 bits per heavy atom. The Bertz CT molecular complexity index is 633. The van der Waals surface area contributed by atoms with Gasteiger partial charge in [0.1, 0.15) is 0 Å². The zero-order valence-corrected chi connectivity index (χ0v) is 15.6. The van der Waals surface area contributed by atoms with Gasteiger partial charge in [-0.25, -0.2) is 0 Å². The summed E-state index contributed by atoms with van der Waals surface area (Å²) in [6, 6.07) is 6.21. The number of carbonyl (C=O) groups is 2. The molecule has 0 unspecified atom stereocenters. The molecule has 8 heteroatoms. The summed E-state index contributed by atoms with van der Waals surface area (Å²) in [6.07, 6.45) is 5.69. The summed E-state index contributed by atoms with van der Waals surface area (Å²) in [5, 5.41) is 16.6. The van der Waals surface area contributed by atoms with Crippen molar-refractivity contribution in [2.45, 2.75) is 44.9 Å². The molecular weight excluding hydrogens is 348 g/mol. The van der Waals surface area contributed by atoms with Gasteiger partial charge in [0.15, 0.2) is 0 Å². The Morgan fingerprint density at radius 2 is 1.89 bits per heavy atom. The second-order valence-electron chi connectivity index (χ2n) is 6.73. The number of hydrogen-bond donors (Lipinski definition) is 2. The fraction of sp³-hybridized carbons (Fsp3) is 0.579. The van der Waals surface area contributed by atoms with E-state index in [2.05, 4.69) is 10.6 Å². The van der Waals surface area contributed by atoms with Crippen LogP contribution in [-0.4, -0.2) is 47.8 Å². The first-order valence-electron chi connectivity index (χ1n) is 9.59. The van der Waals surface area contributed by atoms with E-state index in [1.54, 1.807) is 12.1 Å². The van der Waals surface area contributed by atoms with E-state index in [1.165, 1.54) is 12.1 Å². The number of nitrogens with zero attached hydrogens (tertiary/aromatic N) is 2. The van der Waals surface area contributed by atoms with Gasteiger partial charge < -0.3 is 15.5 Å². The molecule has 0 bridgehead atoms. The highest BCUT2D eigenvalue weighted by molar-refractivity contribution is 5.76. The Kier molecular flexibility index (Phi) is 8.54. The van der Waals surface area contributed by atoms with Crippen molar-refractivity contribution in [3.05, 3.63) is 34.4 Å². The maximum atomic E-state index is 11.9. The number of nitro benzene ring substituents is 1. The number of rotatable bonds is 10. The minimum atomic E-state index is -0.434. The highest BCUT2D eigenvalue weighted by Gasteiger charge is 2.15. The van der Waals surface area contributed by atoms with Gasteiger partial charge in [-0.05, 0) is 37.8 Å². The van der Waals surface area contributed by atoms with E-state index in [-0.39, 0.29) is 17.5 Å². The largest absolute Gasteiger partial charge is 0.385 e. The number of carbonyl (C=O) groups excluding carboxylic acids is 2. The summed E-state index contributed by atoms with van der Waals surface area (Å²) in [4.78, 5) is 35.8. The van der Waals surface area contributed by atoms with Crippen LogP contribution >= 0.6 is 0 Å². The summed E-state index contributed by atoms with van der Waals surface area (Å²) in [6.45, 7) is 2.74. The average Bonchev–Trinajstić information content (AvgIpc) is 2.87. The molecule has 1 saturated heterocycles. The van der Waals surface area contributed by atoms with Crippen molar-refractivity contribution in [3.8, 4) is 0 Å². The second kappa shape index (κ2) is 11.2. The van der Waals surface area contributed by atoms with Gasteiger partial charge in [0, 0.05) is 56.8 Å². The van der Waals surface area contributed by atoms with Crippen molar-refractivity contribution < 1.29 is 14.5 Å². The molecule has 0 atom stereocenters. The Hall–Kier alpha value is -2.64. The minimum absolute atomic E-state index is 0.00249. The molecule has 27 heavy (non-hydrogen) atoms. The lowest BCUT2D eigenvalue weighted by atomic mass is 10.2. The van der Waals surface area contributed by atoms with E-state index in [9.17, 15) is 19.7 Å². The first-order valence-corrected chi connectivity index (χ1v) is 9.59. The lowest BCUT2D eigenvalue weighted by Gasteiger charge is -2.20. The quantitative estimate of drug-likeness (QED) is 0.371. The molecule has 2 N–H and O–H groups in total. The van der Waals surface area contributed by atoms with E-state index < -0.39 is 4.92 Å². The number of amides is 2. The highest BCUT2D eigenvalue weighted by atomic mass is 16.6. The molecule has 148 valence electrons. The molecule has 0 spiro atoms. The number of benzene rings is 1. The molecule has 1 aliphatic rings. The van der Waals surface area contributed by atoms with Crippen molar-refractivity contribution in [1.29, 1.82) is 0 Å². The molecule has 2 amide bonds. The van der Waals surface area contributed by atoms with Crippen LogP contribution in [0.4, 0.5) is 11.4 Å². The van der Waals surface area contributed by atoms with Crippen LogP contribution in [-0.2, 0) is 9.59 Å². The number of non-ortho nitro benzene ring substituents is 1. The van der Waals surface area contributed by atoms with Crippen molar-refractivity contribution >= 4 is 23.2 Å². The SMILES string of the molecule is O=C(CCCNc1ccc([N+](=O)[O-])cc1)NCCCN1CCCCCC1=O. The lowest BCUT2D eigenvalue weighted by Crippen LogP contribution is -2.34. The van der Waals surface area contributed by atoms with E-state index in [0.717, 1.165) is 37.9 Å². The van der Waals surface area contributed by atoms with Gasteiger partial charge in [-0.3, -0.25) is 19.7 Å². The molecule has 0 saturated carbocycles. The van der Waals surface area contributed by atoms with Gasteiger partial charge in [0.25, 0.3) is 5.69 Å². The summed E-state index contributed by atoms with van der Waals surface area (Å²) in [5.74, 6) is 0.235. The van der Waals surface area contributed by atoms with Crippen LogP contribution in [0.2, 0.25) is 0 Å². The monoisotopic (exact) mass is 376 g/mol. The Morgan fingerprint density at radius 3 is 2.63 bits per heavy atom. The minimum Gasteiger partial charge on any atom is -0.385 e. The molecule has 0 aromatic heterocycles. The third-order valence-electron chi connectivity index (χ3n) is 4.59. The molecule has 1 heterocycles. The molecule has 2 rings (SSSR count). The summed E-state index contributed by atoms with van der Waals surface area (Å²) in [7, 11) is 0. The van der Waals surface area contributed by atoms with Crippen LogP contribution in [0.25, 0.3) is 0 Å². The Balaban J connectivity index is 1.53. The van der Waals surface area contributed by atoms with Crippen molar-refractivity contribution in [2.75, 3.05) is 31.5 Å². The van der Waals surface area contributed by atoms with Crippen molar-refractivity contribution in [2.24, 2.45) is 0 Å². The summed E-state index contributed by atoms with van der Waals surface area (Å²) in [5.41, 5.74) is 0.852. The topological polar surface area (TPSA) is 105 Å². The number of hydrogen-bond acceptors (Lipinski definition) is 5. The van der Waals surface area contributed by atoms with Crippen LogP contribution < -0.4 is 10.6 Å².